The number of carbonyl (C=O) groups is 1. The zero-order valence-electron chi connectivity index (χ0n) is 18.1. The topological polar surface area (TPSA) is 71.8 Å². The van der Waals surface area contributed by atoms with Crippen molar-refractivity contribution in [1.29, 1.82) is 5.26 Å². The summed E-state index contributed by atoms with van der Waals surface area (Å²) in [5.41, 5.74) is 0.524. The van der Waals surface area contributed by atoms with Gasteiger partial charge < -0.3 is 19.1 Å². The largest absolute Gasteiger partial charge is 0.490 e. The Kier molecular flexibility index (Phi) is 7.01. The summed E-state index contributed by atoms with van der Waals surface area (Å²) in [5, 5.41) is 9.13. The second kappa shape index (κ2) is 9.69. The third-order valence-corrected chi connectivity index (χ3v) is 4.75. The van der Waals surface area contributed by atoms with Gasteiger partial charge in [0.05, 0.1) is 5.56 Å². The Morgan fingerprint density at radius 3 is 2.61 bits per heavy atom. The fraction of sp³-hybridized carbons (Fsp3) is 0.417. The molecule has 1 aliphatic heterocycles. The first-order valence-corrected chi connectivity index (χ1v) is 10.3. The smallest absolute Gasteiger partial charge is 0.410 e. The molecule has 2 aromatic rings. The first-order valence-electron chi connectivity index (χ1n) is 10.3. The summed E-state index contributed by atoms with van der Waals surface area (Å²) in [7, 11) is 0. The number of carbonyl (C=O) groups excluding carboxylic acids is 1. The minimum atomic E-state index is -0.505. The maximum Gasteiger partial charge on any atom is 0.410 e. The molecule has 0 N–H and O–H groups in total. The maximum absolute atomic E-state index is 13.3. The van der Waals surface area contributed by atoms with Crippen LogP contribution in [0.15, 0.2) is 42.5 Å². The lowest BCUT2D eigenvalue weighted by Gasteiger charge is -2.33. The highest BCUT2D eigenvalue weighted by Crippen LogP contribution is 2.24. The van der Waals surface area contributed by atoms with Crippen LogP contribution in [0, 0.1) is 17.1 Å². The minimum Gasteiger partial charge on any atom is -0.490 e. The minimum absolute atomic E-state index is 0.0112. The first kappa shape index (κ1) is 22.4. The molecule has 0 spiro atoms. The molecule has 0 saturated carbocycles. The van der Waals surface area contributed by atoms with E-state index in [9.17, 15) is 9.18 Å². The Morgan fingerprint density at radius 1 is 1.19 bits per heavy atom. The number of piperidine rings is 1. The molecular formula is C24H27FN2O4. The number of halogens is 1. The van der Waals surface area contributed by atoms with Crippen molar-refractivity contribution < 1.29 is 23.4 Å². The lowest BCUT2D eigenvalue weighted by Crippen LogP contribution is -2.44. The van der Waals surface area contributed by atoms with Crippen LogP contribution in [0.25, 0.3) is 0 Å². The van der Waals surface area contributed by atoms with Crippen LogP contribution in [-0.2, 0) is 11.3 Å². The molecule has 1 heterocycles. The predicted octanol–water partition coefficient (Wildman–Crippen LogP) is 5.05. The number of likely N-dealkylation sites (tertiary alicyclic amines) is 1. The SMILES string of the molecule is CC(C)(C)OC(=O)N1CCC(Oc2cccc(COc3ccc(F)cc3C#N)c2)CC1. The highest BCUT2D eigenvalue weighted by Gasteiger charge is 2.27. The van der Waals surface area contributed by atoms with Gasteiger partial charge in [0.2, 0.25) is 0 Å². The quantitative estimate of drug-likeness (QED) is 0.669. The summed E-state index contributed by atoms with van der Waals surface area (Å²) in [5.74, 6) is 0.582. The summed E-state index contributed by atoms with van der Waals surface area (Å²) in [6.45, 7) is 6.97. The molecule has 6 nitrogen and oxygen atoms in total. The monoisotopic (exact) mass is 426 g/mol. The van der Waals surface area contributed by atoms with Crippen LogP contribution in [0.5, 0.6) is 11.5 Å². The molecule has 3 rings (SSSR count). The summed E-state index contributed by atoms with van der Waals surface area (Å²) in [6, 6.07) is 13.3. The standard InChI is InChI=1S/C24H27FN2O4/c1-24(2,3)31-23(28)27-11-9-20(10-12-27)30-21-6-4-5-17(13-21)16-29-22-8-7-19(25)14-18(22)15-26/h4-8,13-14,20H,9-12,16H2,1-3H3. The lowest BCUT2D eigenvalue weighted by molar-refractivity contribution is 0.0126. The lowest BCUT2D eigenvalue weighted by atomic mass is 10.1. The van der Waals surface area contributed by atoms with Crippen molar-refractivity contribution in [2.24, 2.45) is 0 Å². The molecule has 0 atom stereocenters. The molecule has 31 heavy (non-hydrogen) atoms. The predicted molar refractivity (Wildman–Crippen MR) is 113 cm³/mol. The molecule has 2 aromatic carbocycles. The van der Waals surface area contributed by atoms with Crippen LogP contribution in [0.2, 0.25) is 0 Å². The van der Waals surface area contributed by atoms with E-state index in [0.717, 1.165) is 30.2 Å². The van der Waals surface area contributed by atoms with Gasteiger partial charge in [0.25, 0.3) is 0 Å². The van der Waals surface area contributed by atoms with E-state index in [0.29, 0.717) is 18.8 Å². The zero-order valence-corrected chi connectivity index (χ0v) is 18.1. The summed E-state index contributed by atoms with van der Waals surface area (Å²) in [6.07, 6.45) is 1.17. The highest BCUT2D eigenvalue weighted by atomic mass is 19.1. The van der Waals surface area contributed by atoms with E-state index in [4.69, 9.17) is 19.5 Å². The van der Waals surface area contributed by atoms with Crippen LogP contribution in [0.3, 0.4) is 0 Å². The van der Waals surface area contributed by atoms with Crippen LogP contribution < -0.4 is 9.47 Å². The van der Waals surface area contributed by atoms with Crippen LogP contribution >= 0.6 is 0 Å². The Balaban J connectivity index is 1.52. The summed E-state index contributed by atoms with van der Waals surface area (Å²) in [4.78, 5) is 13.9. The summed E-state index contributed by atoms with van der Waals surface area (Å²) >= 11 is 0. The summed E-state index contributed by atoms with van der Waals surface area (Å²) < 4.78 is 30.5. The van der Waals surface area contributed by atoms with Crippen molar-refractivity contribution in [3.8, 4) is 17.6 Å². The van der Waals surface area contributed by atoms with Gasteiger partial charge in [-0.2, -0.15) is 5.26 Å². The molecule has 1 aliphatic rings. The van der Waals surface area contributed by atoms with Gasteiger partial charge in [-0.15, -0.1) is 0 Å². The number of benzene rings is 2. The van der Waals surface area contributed by atoms with E-state index < -0.39 is 11.4 Å². The highest BCUT2D eigenvalue weighted by molar-refractivity contribution is 5.68. The number of nitrogens with zero attached hydrogens (tertiary/aromatic N) is 2. The number of amides is 1. The molecule has 1 fully saturated rings. The normalized spacial score (nSPS) is 14.6. The number of hydrogen-bond donors (Lipinski definition) is 0. The molecule has 0 unspecified atom stereocenters. The first-order chi connectivity index (χ1) is 14.7. The number of ether oxygens (including phenoxy) is 3. The van der Waals surface area contributed by atoms with E-state index in [1.807, 2.05) is 51.1 Å². The van der Waals surface area contributed by atoms with Gasteiger partial charge in [-0.05, 0) is 56.7 Å². The van der Waals surface area contributed by atoms with Gasteiger partial charge in [-0.1, -0.05) is 12.1 Å². The van der Waals surface area contributed by atoms with E-state index in [2.05, 4.69) is 0 Å². The Hall–Kier alpha value is -3.27. The van der Waals surface area contributed by atoms with Crippen molar-refractivity contribution in [1.82, 2.24) is 4.90 Å². The zero-order chi connectivity index (χ0) is 22.4. The van der Waals surface area contributed by atoms with Crippen LogP contribution in [-0.4, -0.2) is 35.8 Å². The fourth-order valence-electron chi connectivity index (χ4n) is 3.26. The van der Waals surface area contributed by atoms with Gasteiger partial charge in [-0.25, -0.2) is 9.18 Å². The van der Waals surface area contributed by atoms with Crippen LogP contribution in [0.1, 0.15) is 44.7 Å². The van der Waals surface area contributed by atoms with Gasteiger partial charge in [0.15, 0.2) is 0 Å². The van der Waals surface area contributed by atoms with Gasteiger partial charge in [0, 0.05) is 25.9 Å². The van der Waals surface area contributed by atoms with Crippen LogP contribution in [0.4, 0.5) is 9.18 Å². The van der Waals surface area contributed by atoms with Crippen molar-refractivity contribution >= 4 is 6.09 Å². The van der Waals surface area contributed by atoms with Gasteiger partial charge in [0.1, 0.15) is 41.7 Å². The Morgan fingerprint density at radius 2 is 1.94 bits per heavy atom. The molecule has 0 aromatic heterocycles. The molecule has 0 bridgehead atoms. The second-order valence-electron chi connectivity index (χ2n) is 8.47. The van der Waals surface area contributed by atoms with E-state index >= 15 is 0 Å². The maximum atomic E-state index is 13.3. The molecular weight excluding hydrogens is 399 g/mol. The Bertz CT molecular complexity index is 957. The molecule has 0 radical (unpaired) electrons. The molecule has 1 saturated heterocycles. The molecule has 1 amide bonds. The average molecular weight is 426 g/mol. The van der Waals surface area contributed by atoms with E-state index in [-0.39, 0.29) is 24.4 Å². The van der Waals surface area contributed by atoms with Crippen molar-refractivity contribution in [3.63, 3.8) is 0 Å². The average Bonchev–Trinajstić information content (AvgIpc) is 2.72. The Labute approximate surface area is 182 Å². The second-order valence-corrected chi connectivity index (χ2v) is 8.47. The third-order valence-electron chi connectivity index (χ3n) is 4.75. The van der Waals surface area contributed by atoms with Crippen molar-refractivity contribution in [2.75, 3.05) is 13.1 Å². The molecule has 7 heteroatoms. The molecule has 164 valence electrons. The third kappa shape index (κ3) is 6.61. The van der Waals surface area contributed by atoms with Crippen molar-refractivity contribution in [3.05, 3.63) is 59.4 Å². The van der Waals surface area contributed by atoms with Gasteiger partial charge >= 0.3 is 6.09 Å². The number of nitriles is 1. The van der Waals surface area contributed by atoms with E-state index in [1.54, 1.807) is 4.90 Å². The fourth-order valence-corrected chi connectivity index (χ4v) is 3.26. The van der Waals surface area contributed by atoms with Gasteiger partial charge in [-0.3, -0.25) is 0 Å². The van der Waals surface area contributed by atoms with E-state index in [1.165, 1.54) is 12.1 Å². The number of hydrogen-bond acceptors (Lipinski definition) is 5. The van der Waals surface area contributed by atoms with Crippen molar-refractivity contribution in [2.45, 2.75) is 51.9 Å². The molecule has 0 aliphatic carbocycles. The number of rotatable bonds is 5.